The van der Waals surface area contributed by atoms with E-state index < -0.39 is 41.7 Å². The Kier molecular flexibility index (Phi) is 10.9. The van der Waals surface area contributed by atoms with Crippen LogP contribution >= 0.6 is 0 Å². The minimum atomic E-state index is -2.05. The highest BCUT2D eigenvalue weighted by Crippen LogP contribution is 2.71. The zero-order valence-electron chi connectivity index (χ0n) is 27.0. The van der Waals surface area contributed by atoms with E-state index in [1.54, 1.807) is 19.1 Å². The second-order valence-corrected chi connectivity index (χ2v) is 14.7. The topological polar surface area (TPSA) is 104 Å². The van der Waals surface area contributed by atoms with Crippen LogP contribution in [0.3, 0.4) is 0 Å². The number of unbranched alkanes of at least 4 members (excludes halogenated alkanes) is 12. The number of fused-ring (bicyclic) bond motifs is 3. The Balaban J connectivity index is 1.32. The van der Waals surface area contributed by atoms with Gasteiger partial charge in [-0.1, -0.05) is 117 Å². The zero-order valence-corrected chi connectivity index (χ0v) is 27.0. The molecule has 3 N–H and O–H groups in total. The highest BCUT2D eigenvalue weighted by Gasteiger charge is 2.76. The van der Waals surface area contributed by atoms with E-state index in [0.717, 1.165) is 25.7 Å². The molecule has 0 aliphatic heterocycles. The van der Waals surface area contributed by atoms with Gasteiger partial charge >= 0.3 is 5.97 Å². The summed E-state index contributed by atoms with van der Waals surface area (Å²) in [7, 11) is 0. The molecule has 238 valence electrons. The van der Waals surface area contributed by atoms with Gasteiger partial charge in [-0.25, -0.2) is 0 Å². The molecular formula is C36H58O6. The van der Waals surface area contributed by atoms with Crippen LogP contribution in [0.2, 0.25) is 0 Å². The lowest BCUT2D eigenvalue weighted by Gasteiger charge is -2.48. The van der Waals surface area contributed by atoms with Crippen molar-refractivity contribution in [3.63, 3.8) is 0 Å². The van der Waals surface area contributed by atoms with Gasteiger partial charge in [0.05, 0.1) is 12.0 Å². The number of rotatable bonds is 16. The van der Waals surface area contributed by atoms with Gasteiger partial charge in [0.1, 0.15) is 6.10 Å². The van der Waals surface area contributed by atoms with E-state index in [4.69, 9.17) is 4.74 Å². The van der Waals surface area contributed by atoms with Gasteiger partial charge in [-0.05, 0) is 54.1 Å². The van der Waals surface area contributed by atoms with Crippen molar-refractivity contribution in [3.05, 3.63) is 23.3 Å². The van der Waals surface area contributed by atoms with Crippen molar-refractivity contribution in [2.45, 2.75) is 149 Å². The van der Waals surface area contributed by atoms with Gasteiger partial charge in [-0.3, -0.25) is 9.59 Å². The van der Waals surface area contributed by atoms with Gasteiger partial charge in [0.2, 0.25) is 0 Å². The molecule has 42 heavy (non-hydrogen) atoms. The lowest BCUT2D eigenvalue weighted by atomic mass is 9.59. The Bertz CT molecular complexity index is 1030. The lowest BCUT2D eigenvalue weighted by Crippen LogP contribution is -2.65. The molecule has 0 amide bonds. The van der Waals surface area contributed by atoms with E-state index in [2.05, 4.69) is 20.8 Å². The Hall–Kier alpha value is -1.50. The van der Waals surface area contributed by atoms with Gasteiger partial charge in [0, 0.05) is 12.3 Å². The molecule has 4 aliphatic carbocycles. The van der Waals surface area contributed by atoms with E-state index >= 15 is 0 Å². The number of ketones is 1. The van der Waals surface area contributed by atoms with Crippen LogP contribution in [0.25, 0.3) is 0 Å². The average Bonchev–Trinajstić information content (AvgIpc) is 3.44. The Morgan fingerprint density at radius 2 is 1.52 bits per heavy atom. The standard InChI is InChI=1S/C36H58O6/c1-6-7-8-9-10-11-12-13-14-15-16-17-18-19-29(38)42-33-24(2)22-35-25(3)20-28-30(34(28,4)5)27(32(35)40)21-26(23-37)31(39)36(33,35)41/h21-22,25,27-28,30-31,33,37,39,41H,6-20,23H2,1-5H3/t25-,27-,28-,30+,31-,33?,35+,36+/m1/s1. The number of hydrogen-bond acceptors (Lipinski definition) is 6. The van der Waals surface area contributed by atoms with Crippen LogP contribution in [0.15, 0.2) is 23.3 Å². The summed E-state index contributed by atoms with van der Waals surface area (Å²) in [6.07, 6.45) is 17.7. The van der Waals surface area contributed by atoms with Crippen LogP contribution in [-0.2, 0) is 14.3 Å². The largest absolute Gasteiger partial charge is 0.455 e. The second kappa shape index (κ2) is 13.6. The number of hydrogen-bond donors (Lipinski definition) is 3. The maximum absolute atomic E-state index is 14.4. The summed E-state index contributed by atoms with van der Waals surface area (Å²) in [6, 6.07) is 0. The summed E-state index contributed by atoms with van der Waals surface area (Å²) < 4.78 is 5.95. The summed E-state index contributed by atoms with van der Waals surface area (Å²) in [5.41, 5.74) is -2.60. The predicted octanol–water partition coefficient (Wildman–Crippen LogP) is 6.85. The molecule has 6 heteroatoms. The molecule has 0 heterocycles. The molecule has 1 unspecified atom stereocenters. The highest BCUT2D eigenvalue weighted by molar-refractivity contribution is 5.95. The van der Waals surface area contributed by atoms with Crippen molar-refractivity contribution in [2.75, 3.05) is 6.61 Å². The van der Waals surface area contributed by atoms with Crippen molar-refractivity contribution in [2.24, 2.45) is 34.5 Å². The van der Waals surface area contributed by atoms with Crippen LogP contribution in [0.5, 0.6) is 0 Å². The number of allylic oxidation sites excluding steroid dienone is 1. The number of aliphatic hydroxyl groups excluding tert-OH is 2. The maximum Gasteiger partial charge on any atom is 0.306 e. The van der Waals surface area contributed by atoms with Crippen LogP contribution in [0.1, 0.15) is 131 Å². The zero-order chi connectivity index (χ0) is 30.7. The first-order chi connectivity index (χ1) is 20.0. The Labute approximate surface area is 254 Å². The van der Waals surface area contributed by atoms with Gasteiger partial charge in [0.25, 0.3) is 0 Å². The number of carbonyl (C=O) groups excluding carboxylic acids is 2. The van der Waals surface area contributed by atoms with Crippen LogP contribution in [-0.4, -0.2) is 51.5 Å². The SMILES string of the molecule is CCCCCCCCCCCCCCCC(=O)OC1C(C)=C[C@]23C(=O)[C@H](C=C(CO)[C@@H](O)[C@]12O)[C@H]1[C@@H](C[C@H]3C)C1(C)C. The normalized spacial score (nSPS) is 36.3. The van der Waals surface area contributed by atoms with Gasteiger partial charge in [-0.2, -0.15) is 0 Å². The van der Waals surface area contributed by atoms with Gasteiger partial charge < -0.3 is 20.1 Å². The summed E-state index contributed by atoms with van der Waals surface area (Å²) in [5, 5.41) is 34.3. The monoisotopic (exact) mass is 586 g/mol. The Morgan fingerprint density at radius 3 is 2.07 bits per heavy atom. The molecule has 0 aromatic carbocycles. The van der Waals surface area contributed by atoms with E-state index in [-0.39, 0.29) is 35.0 Å². The number of aliphatic hydroxyl groups is 3. The predicted molar refractivity (Wildman–Crippen MR) is 166 cm³/mol. The third-order valence-electron chi connectivity index (χ3n) is 11.6. The fourth-order valence-electron chi connectivity index (χ4n) is 9.07. The van der Waals surface area contributed by atoms with Crippen molar-refractivity contribution >= 4 is 11.8 Å². The molecule has 4 rings (SSSR count). The third kappa shape index (κ3) is 5.94. The van der Waals surface area contributed by atoms with E-state index in [1.807, 2.05) is 6.92 Å². The third-order valence-corrected chi connectivity index (χ3v) is 11.6. The van der Waals surface area contributed by atoms with Crippen molar-refractivity contribution < 1.29 is 29.6 Å². The first-order valence-electron chi connectivity index (χ1n) is 17.1. The van der Waals surface area contributed by atoms with Gasteiger partial charge in [0.15, 0.2) is 17.5 Å². The molecule has 2 fully saturated rings. The number of Topliss-reactive ketones (excluding diaryl/α,β-unsaturated/α-hetero) is 1. The Morgan fingerprint density at radius 1 is 0.976 bits per heavy atom. The number of esters is 1. The fourth-order valence-corrected chi connectivity index (χ4v) is 9.07. The summed E-state index contributed by atoms with van der Waals surface area (Å²) in [6.45, 7) is 9.91. The minimum Gasteiger partial charge on any atom is -0.455 e. The molecule has 2 saturated carbocycles. The lowest BCUT2D eigenvalue weighted by molar-refractivity contribution is -0.203. The van der Waals surface area contributed by atoms with Gasteiger partial charge in [-0.15, -0.1) is 0 Å². The first kappa shape index (κ1) is 33.4. The smallest absolute Gasteiger partial charge is 0.306 e. The van der Waals surface area contributed by atoms with Crippen LogP contribution < -0.4 is 0 Å². The van der Waals surface area contributed by atoms with E-state index in [9.17, 15) is 24.9 Å². The molecule has 0 aromatic rings. The minimum absolute atomic E-state index is 0.0161. The van der Waals surface area contributed by atoms with Crippen molar-refractivity contribution in [3.8, 4) is 0 Å². The molecule has 1 spiro atoms. The summed E-state index contributed by atoms with van der Waals surface area (Å²) >= 11 is 0. The first-order valence-corrected chi connectivity index (χ1v) is 17.1. The molecule has 0 saturated heterocycles. The van der Waals surface area contributed by atoms with E-state index in [1.165, 1.54) is 64.2 Å². The molecule has 0 radical (unpaired) electrons. The van der Waals surface area contributed by atoms with E-state index in [0.29, 0.717) is 11.5 Å². The van der Waals surface area contributed by atoms with Crippen LogP contribution in [0, 0.1) is 34.5 Å². The summed E-state index contributed by atoms with van der Waals surface area (Å²) in [4.78, 5) is 27.5. The average molecular weight is 587 g/mol. The van der Waals surface area contributed by atoms with Crippen molar-refractivity contribution in [1.82, 2.24) is 0 Å². The maximum atomic E-state index is 14.4. The summed E-state index contributed by atoms with van der Waals surface area (Å²) in [5.74, 6) is -0.856. The number of ether oxygens (including phenoxy) is 1. The molecular weight excluding hydrogens is 528 g/mol. The second-order valence-electron chi connectivity index (χ2n) is 14.7. The van der Waals surface area contributed by atoms with Crippen molar-refractivity contribution in [1.29, 1.82) is 0 Å². The molecule has 2 bridgehead atoms. The fraction of sp³-hybridized carbons (Fsp3) is 0.833. The molecule has 0 aromatic heterocycles. The quantitative estimate of drug-likeness (QED) is 0.104. The van der Waals surface area contributed by atoms with Crippen LogP contribution in [0.4, 0.5) is 0 Å². The molecule has 8 atom stereocenters. The number of carbonyl (C=O) groups is 2. The molecule has 4 aliphatic rings. The molecule has 6 nitrogen and oxygen atoms in total. The highest BCUT2D eigenvalue weighted by atomic mass is 16.6.